The van der Waals surface area contributed by atoms with Crippen LogP contribution in [0.5, 0.6) is 5.75 Å². The molecule has 1 aromatic heterocycles. The molecule has 0 fully saturated rings. The summed E-state index contributed by atoms with van der Waals surface area (Å²) in [4.78, 5) is 31.2. The summed E-state index contributed by atoms with van der Waals surface area (Å²) in [5.74, 6) is 0.535. The van der Waals surface area contributed by atoms with Crippen molar-refractivity contribution in [3.63, 3.8) is 0 Å². The molecule has 6 nitrogen and oxygen atoms in total. The van der Waals surface area contributed by atoms with Crippen molar-refractivity contribution in [3.05, 3.63) is 68.0 Å². The Bertz CT molecular complexity index is 1200. The van der Waals surface area contributed by atoms with Gasteiger partial charge in [-0.15, -0.1) is 0 Å². The molecule has 1 aliphatic rings. The van der Waals surface area contributed by atoms with Gasteiger partial charge in [-0.25, -0.2) is 0 Å². The Hall–Kier alpha value is -2.83. The smallest absolute Gasteiger partial charge is 0.238 e. The molecule has 0 spiro atoms. The zero-order chi connectivity index (χ0) is 21.4. The van der Waals surface area contributed by atoms with Crippen molar-refractivity contribution < 1.29 is 9.53 Å². The molecule has 4 rings (SSSR count). The molecule has 30 heavy (non-hydrogen) atoms. The van der Waals surface area contributed by atoms with Crippen LogP contribution in [-0.2, 0) is 17.8 Å². The summed E-state index contributed by atoms with van der Waals surface area (Å²) >= 11 is 6.13. The molecule has 7 heteroatoms. The minimum absolute atomic E-state index is 0.00320. The number of rotatable bonds is 4. The monoisotopic (exact) mass is 425 g/mol. The maximum Gasteiger partial charge on any atom is 0.238 e. The molecule has 156 valence electrons. The second kappa shape index (κ2) is 8.13. The van der Waals surface area contributed by atoms with Crippen LogP contribution in [0.25, 0.3) is 10.9 Å². The van der Waals surface area contributed by atoms with Crippen LogP contribution >= 0.6 is 11.6 Å². The van der Waals surface area contributed by atoms with Crippen LogP contribution in [0.4, 0.5) is 5.69 Å². The fraction of sp³-hybridized carbons (Fsp3) is 0.304. The van der Waals surface area contributed by atoms with Gasteiger partial charge in [0.15, 0.2) is 5.43 Å². The Labute approximate surface area is 179 Å². The molecular formula is C23H24ClN3O3. The number of anilines is 1. The maximum absolute atomic E-state index is 13.2. The lowest BCUT2D eigenvalue weighted by molar-refractivity contribution is -0.117. The molecule has 0 saturated carbocycles. The van der Waals surface area contributed by atoms with Gasteiger partial charge in [0.05, 0.1) is 19.2 Å². The SMILES string of the molecule is COc1cc(C)c2[nH]c3c(c(=O)c2c1)CN(CC(=O)Nc1cccc(Cl)c1C)CC3. The third kappa shape index (κ3) is 3.80. The fourth-order valence-corrected chi connectivity index (χ4v) is 4.14. The van der Waals surface area contributed by atoms with Crippen molar-refractivity contribution in [1.29, 1.82) is 0 Å². The van der Waals surface area contributed by atoms with Gasteiger partial charge in [0.2, 0.25) is 5.91 Å². The first kappa shape index (κ1) is 20.4. The van der Waals surface area contributed by atoms with E-state index in [1.54, 1.807) is 19.2 Å². The number of H-pyrrole nitrogens is 1. The Morgan fingerprint density at radius 1 is 1.30 bits per heavy atom. The van der Waals surface area contributed by atoms with Crippen LogP contribution in [0.3, 0.4) is 0 Å². The average molecular weight is 426 g/mol. The number of benzene rings is 2. The normalized spacial score (nSPS) is 13.9. The number of hydrogen-bond acceptors (Lipinski definition) is 4. The van der Waals surface area contributed by atoms with Crippen LogP contribution in [0.15, 0.2) is 35.1 Å². The minimum atomic E-state index is -0.126. The van der Waals surface area contributed by atoms with E-state index < -0.39 is 0 Å². The predicted octanol–water partition coefficient (Wildman–Crippen LogP) is 3.80. The van der Waals surface area contributed by atoms with Gasteiger partial charge < -0.3 is 15.0 Å². The number of fused-ring (bicyclic) bond motifs is 2. The van der Waals surface area contributed by atoms with E-state index in [0.717, 1.165) is 22.3 Å². The number of carbonyl (C=O) groups is 1. The largest absolute Gasteiger partial charge is 0.497 e. The van der Waals surface area contributed by atoms with Gasteiger partial charge >= 0.3 is 0 Å². The van der Waals surface area contributed by atoms with Crippen molar-refractivity contribution in [3.8, 4) is 5.75 Å². The molecule has 2 N–H and O–H groups in total. The topological polar surface area (TPSA) is 74.4 Å². The molecule has 0 saturated heterocycles. The summed E-state index contributed by atoms with van der Waals surface area (Å²) in [5, 5.41) is 4.15. The van der Waals surface area contributed by atoms with E-state index in [2.05, 4.69) is 10.3 Å². The van der Waals surface area contributed by atoms with Crippen LogP contribution in [0.2, 0.25) is 5.02 Å². The summed E-state index contributed by atoms with van der Waals surface area (Å²) in [6.07, 6.45) is 0.690. The zero-order valence-corrected chi connectivity index (χ0v) is 18.0. The second-order valence-electron chi connectivity index (χ2n) is 7.70. The van der Waals surface area contributed by atoms with Crippen LogP contribution in [-0.4, -0.2) is 36.0 Å². The third-order valence-electron chi connectivity index (χ3n) is 5.67. The second-order valence-corrected chi connectivity index (χ2v) is 8.11. The molecule has 0 atom stereocenters. The summed E-state index contributed by atoms with van der Waals surface area (Å²) in [5.41, 5.74) is 5.03. The molecule has 2 heterocycles. The van der Waals surface area contributed by atoms with Crippen LogP contribution in [0, 0.1) is 13.8 Å². The van der Waals surface area contributed by atoms with E-state index in [-0.39, 0.29) is 17.9 Å². The van der Waals surface area contributed by atoms with Crippen molar-refractivity contribution >= 4 is 34.1 Å². The third-order valence-corrected chi connectivity index (χ3v) is 6.08. The molecule has 1 amide bonds. The van der Waals surface area contributed by atoms with Crippen molar-refractivity contribution in [2.24, 2.45) is 0 Å². The first-order valence-corrected chi connectivity index (χ1v) is 10.2. The quantitative estimate of drug-likeness (QED) is 0.666. The maximum atomic E-state index is 13.2. The first-order chi connectivity index (χ1) is 14.4. The molecule has 0 bridgehead atoms. The fourth-order valence-electron chi connectivity index (χ4n) is 3.97. The van der Waals surface area contributed by atoms with E-state index in [4.69, 9.17) is 16.3 Å². The predicted molar refractivity (Wildman–Crippen MR) is 120 cm³/mol. The van der Waals surface area contributed by atoms with Crippen molar-refractivity contribution in [2.45, 2.75) is 26.8 Å². The molecular weight excluding hydrogens is 402 g/mol. The number of aromatic nitrogens is 1. The lowest BCUT2D eigenvalue weighted by atomic mass is 10.0. The van der Waals surface area contributed by atoms with Gasteiger partial charge in [-0.2, -0.15) is 0 Å². The molecule has 3 aromatic rings. The Kier molecular flexibility index (Phi) is 5.54. The number of methoxy groups -OCH3 is 1. The highest BCUT2D eigenvalue weighted by atomic mass is 35.5. The van der Waals surface area contributed by atoms with Crippen molar-refractivity contribution in [1.82, 2.24) is 9.88 Å². The van der Waals surface area contributed by atoms with E-state index in [1.807, 2.05) is 36.9 Å². The van der Waals surface area contributed by atoms with E-state index in [1.165, 1.54) is 0 Å². The lowest BCUT2D eigenvalue weighted by Crippen LogP contribution is -2.39. The van der Waals surface area contributed by atoms with Crippen molar-refractivity contribution in [2.75, 3.05) is 25.5 Å². The number of nitrogens with one attached hydrogen (secondary N) is 2. The summed E-state index contributed by atoms with van der Waals surface area (Å²) in [7, 11) is 1.59. The van der Waals surface area contributed by atoms with Gasteiger partial charge in [0.1, 0.15) is 5.75 Å². The highest BCUT2D eigenvalue weighted by Gasteiger charge is 2.23. The Morgan fingerprint density at radius 2 is 2.10 bits per heavy atom. The molecule has 0 aliphatic carbocycles. The average Bonchev–Trinajstić information content (AvgIpc) is 2.72. The minimum Gasteiger partial charge on any atom is -0.497 e. The van der Waals surface area contributed by atoms with E-state index >= 15 is 0 Å². The summed E-state index contributed by atoms with van der Waals surface area (Å²) in [6.45, 7) is 5.17. The number of amides is 1. The zero-order valence-electron chi connectivity index (χ0n) is 17.3. The van der Waals surface area contributed by atoms with E-state index in [9.17, 15) is 9.59 Å². The lowest BCUT2D eigenvalue weighted by Gasteiger charge is -2.28. The number of aryl methyl sites for hydroxylation is 1. The number of carbonyl (C=O) groups excluding carboxylic acids is 1. The molecule has 1 aliphatic heterocycles. The van der Waals surface area contributed by atoms with Gasteiger partial charge in [-0.3, -0.25) is 14.5 Å². The van der Waals surface area contributed by atoms with Crippen LogP contribution in [0.1, 0.15) is 22.4 Å². The summed E-state index contributed by atoms with van der Waals surface area (Å²) < 4.78 is 5.33. The van der Waals surface area contributed by atoms with Crippen LogP contribution < -0.4 is 15.5 Å². The van der Waals surface area contributed by atoms with E-state index in [0.29, 0.717) is 46.9 Å². The number of pyridine rings is 1. The highest BCUT2D eigenvalue weighted by Crippen LogP contribution is 2.25. The van der Waals surface area contributed by atoms with Gasteiger partial charge in [0, 0.05) is 46.9 Å². The molecule has 0 unspecified atom stereocenters. The number of nitrogens with zero attached hydrogens (tertiary/aromatic N) is 1. The highest BCUT2D eigenvalue weighted by molar-refractivity contribution is 6.31. The van der Waals surface area contributed by atoms with Gasteiger partial charge in [-0.05, 0) is 49.2 Å². The number of aromatic amines is 1. The summed E-state index contributed by atoms with van der Waals surface area (Å²) in [6, 6.07) is 9.12. The molecule has 0 radical (unpaired) electrons. The number of hydrogen-bond donors (Lipinski definition) is 2. The molecule has 2 aromatic carbocycles. The standard InChI is InChI=1S/C23H24ClN3O3/c1-13-9-15(30-3)10-16-22(13)26-20-7-8-27(11-17(20)23(16)29)12-21(28)25-19-6-4-5-18(24)14(19)2/h4-6,9-10H,7-8,11-12H2,1-3H3,(H,25,28)(H,26,29). The first-order valence-electron chi connectivity index (χ1n) is 9.87. The Morgan fingerprint density at radius 3 is 2.87 bits per heavy atom. The number of halogens is 1. The van der Waals surface area contributed by atoms with Gasteiger partial charge in [0.25, 0.3) is 0 Å². The van der Waals surface area contributed by atoms with Gasteiger partial charge in [-0.1, -0.05) is 17.7 Å². The number of ether oxygens (including phenoxy) is 1. The Balaban J connectivity index is 1.56.